The number of para-hydroxylation sites is 2. The number of benzene rings is 1. The molecule has 4 heteroatoms. The third kappa shape index (κ3) is 10.8. The van der Waals surface area contributed by atoms with Crippen LogP contribution >= 0.6 is 0 Å². The SMILES string of the molecule is CCC(CC)CCCCC(=O)Oc1ccccc1OC(=O)CCCCC(CC)CC. The van der Waals surface area contributed by atoms with Crippen LogP contribution in [0, 0.1) is 11.8 Å². The molecule has 0 radical (unpaired) electrons. The van der Waals surface area contributed by atoms with Crippen LogP contribution in [0.25, 0.3) is 0 Å². The van der Waals surface area contributed by atoms with Crippen LogP contribution in [0.15, 0.2) is 24.3 Å². The molecule has 170 valence electrons. The van der Waals surface area contributed by atoms with E-state index in [0.717, 1.165) is 50.4 Å². The summed E-state index contributed by atoms with van der Waals surface area (Å²) in [6, 6.07) is 6.92. The quantitative estimate of drug-likeness (QED) is 0.158. The minimum atomic E-state index is -0.270. The summed E-state index contributed by atoms with van der Waals surface area (Å²) in [5.41, 5.74) is 0. The van der Waals surface area contributed by atoms with E-state index in [4.69, 9.17) is 9.47 Å². The smallest absolute Gasteiger partial charge is 0.311 e. The number of ether oxygens (including phenoxy) is 2. The minimum Gasteiger partial charge on any atom is -0.423 e. The number of hydrogen-bond donors (Lipinski definition) is 0. The van der Waals surface area contributed by atoms with Gasteiger partial charge in [0.1, 0.15) is 0 Å². The zero-order valence-electron chi connectivity index (χ0n) is 19.6. The van der Waals surface area contributed by atoms with Gasteiger partial charge in [-0.2, -0.15) is 0 Å². The summed E-state index contributed by atoms with van der Waals surface area (Å²) < 4.78 is 11.0. The van der Waals surface area contributed by atoms with Crippen molar-refractivity contribution in [2.24, 2.45) is 11.8 Å². The van der Waals surface area contributed by atoms with E-state index < -0.39 is 0 Å². The number of esters is 2. The second-order valence-electron chi connectivity index (χ2n) is 8.25. The molecule has 30 heavy (non-hydrogen) atoms. The number of carbonyl (C=O) groups excluding carboxylic acids is 2. The summed E-state index contributed by atoms with van der Waals surface area (Å²) in [6.45, 7) is 8.86. The lowest BCUT2D eigenvalue weighted by Gasteiger charge is -2.13. The number of unbranched alkanes of at least 4 members (excludes halogenated alkanes) is 2. The monoisotopic (exact) mass is 418 g/mol. The molecule has 0 bridgehead atoms. The Bertz CT molecular complexity index is 550. The molecule has 0 amide bonds. The van der Waals surface area contributed by atoms with E-state index in [1.54, 1.807) is 24.3 Å². The normalized spacial score (nSPS) is 11.1. The lowest BCUT2D eigenvalue weighted by molar-refractivity contribution is -0.137. The molecule has 0 aromatic heterocycles. The van der Waals surface area contributed by atoms with Crippen molar-refractivity contribution in [1.29, 1.82) is 0 Å². The van der Waals surface area contributed by atoms with E-state index in [-0.39, 0.29) is 11.9 Å². The fourth-order valence-electron chi connectivity index (χ4n) is 3.76. The predicted molar refractivity (Wildman–Crippen MR) is 123 cm³/mol. The fraction of sp³-hybridized carbons (Fsp3) is 0.692. The molecular formula is C26H42O4. The van der Waals surface area contributed by atoms with E-state index in [2.05, 4.69) is 27.7 Å². The van der Waals surface area contributed by atoms with Crippen LogP contribution in [0.2, 0.25) is 0 Å². The van der Waals surface area contributed by atoms with Gasteiger partial charge in [-0.15, -0.1) is 0 Å². The molecule has 0 fully saturated rings. The Morgan fingerprint density at radius 1 is 0.667 bits per heavy atom. The fourth-order valence-corrected chi connectivity index (χ4v) is 3.76. The zero-order chi connectivity index (χ0) is 22.2. The number of rotatable bonds is 16. The predicted octanol–water partition coefficient (Wildman–Crippen LogP) is 7.49. The van der Waals surface area contributed by atoms with Crippen LogP contribution in [0.5, 0.6) is 11.5 Å². The first kappa shape index (κ1) is 26.2. The lowest BCUT2D eigenvalue weighted by atomic mass is 9.96. The molecule has 0 heterocycles. The molecule has 0 atom stereocenters. The Balaban J connectivity index is 2.40. The molecule has 0 aliphatic heterocycles. The Morgan fingerprint density at radius 2 is 1.03 bits per heavy atom. The van der Waals surface area contributed by atoms with Crippen molar-refractivity contribution < 1.29 is 19.1 Å². The number of hydrogen-bond acceptors (Lipinski definition) is 4. The Hall–Kier alpha value is -1.84. The van der Waals surface area contributed by atoms with E-state index >= 15 is 0 Å². The maximum atomic E-state index is 12.2. The van der Waals surface area contributed by atoms with E-state index in [1.807, 2.05) is 0 Å². The van der Waals surface area contributed by atoms with Gasteiger partial charge in [-0.25, -0.2) is 0 Å². The third-order valence-electron chi connectivity index (χ3n) is 6.09. The average molecular weight is 419 g/mol. The highest BCUT2D eigenvalue weighted by molar-refractivity contribution is 5.76. The van der Waals surface area contributed by atoms with Gasteiger partial charge in [-0.3, -0.25) is 9.59 Å². The highest BCUT2D eigenvalue weighted by atomic mass is 16.6. The zero-order valence-corrected chi connectivity index (χ0v) is 19.6. The Kier molecular flexibility index (Phi) is 13.9. The standard InChI is InChI=1S/C26H42O4/c1-5-21(6-2)15-9-13-19-25(27)29-23-17-11-12-18-24(23)30-26(28)20-14-10-16-22(7-3)8-4/h11-12,17-18,21-22H,5-10,13-16,19-20H2,1-4H3. The van der Waals surface area contributed by atoms with Crippen LogP contribution in [-0.2, 0) is 9.59 Å². The van der Waals surface area contributed by atoms with E-state index in [0.29, 0.717) is 24.3 Å². The first-order valence-electron chi connectivity index (χ1n) is 12.0. The van der Waals surface area contributed by atoms with Crippen LogP contribution in [0.4, 0.5) is 0 Å². The van der Waals surface area contributed by atoms with E-state index in [1.165, 1.54) is 25.7 Å². The van der Waals surface area contributed by atoms with Gasteiger partial charge in [-0.1, -0.05) is 91.2 Å². The maximum absolute atomic E-state index is 12.2. The van der Waals surface area contributed by atoms with Gasteiger partial charge in [0.25, 0.3) is 0 Å². The van der Waals surface area contributed by atoms with Crippen LogP contribution < -0.4 is 9.47 Å². The van der Waals surface area contributed by atoms with Gasteiger partial charge in [0.15, 0.2) is 11.5 Å². The van der Waals surface area contributed by atoms with Gasteiger partial charge in [-0.05, 0) is 36.8 Å². The first-order chi connectivity index (χ1) is 14.5. The van der Waals surface area contributed by atoms with Crippen molar-refractivity contribution in [3.63, 3.8) is 0 Å². The molecule has 0 saturated heterocycles. The van der Waals surface area contributed by atoms with Crippen molar-refractivity contribution >= 4 is 11.9 Å². The molecule has 0 saturated carbocycles. The minimum absolute atomic E-state index is 0.270. The van der Waals surface area contributed by atoms with Crippen molar-refractivity contribution in [3.05, 3.63) is 24.3 Å². The molecule has 1 aromatic carbocycles. The molecule has 1 rings (SSSR count). The van der Waals surface area contributed by atoms with E-state index in [9.17, 15) is 9.59 Å². The average Bonchev–Trinajstić information content (AvgIpc) is 2.75. The highest BCUT2D eigenvalue weighted by Crippen LogP contribution is 2.28. The van der Waals surface area contributed by atoms with Crippen LogP contribution in [0.1, 0.15) is 105 Å². The van der Waals surface area contributed by atoms with Gasteiger partial charge in [0.2, 0.25) is 0 Å². The number of carbonyl (C=O) groups is 2. The molecule has 0 N–H and O–H groups in total. The first-order valence-corrected chi connectivity index (χ1v) is 12.0. The summed E-state index contributed by atoms with van der Waals surface area (Å²) in [4.78, 5) is 24.4. The molecule has 1 aromatic rings. The summed E-state index contributed by atoms with van der Waals surface area (Å²) in [5.74, 6) is 1.61. The van der Waals surface area contributed by atoms with Crippen LogP contribution in [0.3, 0.4) is 0 Å². The molecule has 0 aliphatic carbocycles. The second-order valence-corrected chi connectivity index (χ2v) is 8.25. The lowest BCUT2D eigenvalue weighted by Crippen LogP contribution is -2.12. The Labute approximate surface area is 183 Å². The molecule has 0 unspecified atom stereocenters. The van der Waals surface area contributed by atoms with Gasteiger partial charge in [0.05, 0.1) is 0 Å². The van der Waals surface area contributed by atoms with Gasteiger partial charge >= 0.3 is 11.9 Å². The summed E-state index contributed by atoms with van der Waals surface area (Å²) in [5, 5.41) is 0. The molecule has 0 spiro atoms. The van der Waals surface area contributed by atoms with Gasteiger partial charge in [0, 0.05) is 12.8 Å². The van der Waals surface area contributed by atoms with Crippen molar-refractivity contribution in [2.45, 2.75) is 105 Å². The second kappa shape index (κ2) is 15.9. The summed E-state index contributed by atoms with van der Waals surface area (Å²) in [7, 11) is 0. The molecule has 0 aliphatic rings. The van der Waals surface area contributed by atoms with Crippen molar-refractivity contribution in [1.82, 2.24) is 0 Å². The van der Waals surface area contributed by atoms with Crippen molar-refractivity contribution in [3.8, 4) is 11.5 Å². The maximum Gasteiger partial charge on any atom is 0.311 e. The van der Waals surface area contributed by atoms with Gasteiger partial charge < -0.3 is 9.47 Å². The molecule has 4 nitrogen and oxygen atoms in total. The highest BCUT2D eigenvalue weighted by Gasteiger charge is 2.14. The molecular weight excluding hydrogens is 376 g/mol. The Morgan fingerprint density at radius 3 is 1.37 bits per heavy atom. The summed E-state index contributed by atoms with van der Waals surface area (Å²) in [6.07, 6.45) is 11.6. The topological polar surface area (TPSA) is 52.6 Å². The third-order valence-corrected chi connectivity index (χ3v) is 6.09. The van der Waals surface area contributed by atoms with Crippen LogP contribution in [-0.4, -0.2) is 11.9 Å². The summed E-state index contributed by atoms with van der Waals surface area (Å²) >= 11 is 0. The largest absolute Gasteiger partial charge is 0.423 e. The van der Waals surface area contributed by atoms with Crippen molar-refractivity contribution in [2.75, 3.05) is 0 Å².